The van der Waals surface area contributed by atoms with Gasteiger partial charge in [-0.05, 0) is 113 Å². The Morgan fingerprint density at radius 3 is 2.41 bits per heavy atom. The van der Waals surface area contributed by atoms with Crippen LogP contribution in [0.5, 0.6) is 0 Å². The van der Waals surface area contributed by atoms with Gasteiger partial charge in [0.1, 0.15) is 6.10 Å². The average molecular weight is 634 g/mol. The van der Waals surface area contributed by atoms with Crippen LogP contribution in [0.1, 0.15) is 105 Å². The van der Waals surface area contributed by atoms with E-state index < -0.39 is 16.9 Å². The maximum atomic E-state index is 14.1. The number of unbranched alkanes of at least 4 members (excludes halogenated alkanes) is 2. The highest BCUT2D eigenvalue weighted by atomic mass is 79.9. The van der Waals surface area contributed by atoms with E-state index in [1.54, 1.807) is 0 Å². The van der Waals surface area contributed by atoms with Crippen molar-refractivity contribution < 1.29 is 24.2 Å². The van der Waals surface area contributed by atoms with Crippen molar-refractivity contribution in [2.75, 3.05) is 11.9 Å². The van der Waals surface area contributed by atoms with E-state index in [1.165, 1.54) is 0 Å². The first-order valence-corrected chi connectivity index (χ1v) is 17.3. The fourth-order valence-electron chi connectivity index (χ4n) is 11.4. The first-order chi connectivity index (χ1) is 19.3. The number of rotatable bonds is 8. The van der Waals surface area contributed by atoms with Crippen molar-refractivity contribution in [3.05, 3.63) is 24.3 Å². The van der Waals surface area contributed by atoms with Crippen LogP contribution < -0.4 is 0 Å². The lowest BCUT2D eigenvalue weighted by atomic mass is 9.33. The molecule has 0 spiro atoms. The molecule has 6 heteroatoms. The molecule has 1 heterocycles. The zero-order valence-electron chi connectivity index (χ0n) is 26.1. The van der Waals surface area contributed by atoms with Crippen molar-refractivity contribution in [1.29, 1.82) is 0 Å². The summed E-state index contributed by atoms with van der Waals surface area (Å²) in [6, 6.07) is 0. The summed E-state index contributed by atoms with van der Waals surface area (Å²) >= 11 is 3.49. The molecule has 0 unspecified atom stereocenters. The van der Waals surface area contributed by atoms with Gasteiger partial charge in [-0.3, -0.25) is 9.59 Å². The first kappa shape index (κ1) is 31.3. The number of ether oxygens (including phenoxy) is 2. The zero-order valence-corrected chi connectivity index (χ0v) is 27.7. The summed E-state index contributed by atoms with van der Waals surface area (Å²) in [5.41, 5.74) is 1.04. The van der Waals surface area contributed by atoms with E-state index >= 15 is 0 Å². The van der Waals surface area contributed by atoms with Crippen LogP contribution in [0.3, 0.4) is 0 Å². The van der Waals surface area contributed by atoms with Crippen LogP contribution in [-0.4, -0.2) is 41.2 Å². The molecule has 4 aliphatic carbocycles. The molecule has 41 heavy (non-hydrogen) atoms. The minimum atomic E-state index is -0.761. The van der Waals surface area contributed by atoms with Crippen molar-refractivity contribution in [1.82, 2.24) is 0 Å². The van der Waals surface area contributed by atoms with Crippen molar-refractivity contribution in [3.63, 3.8) is 0 Å². The van der Waals surface area contributed by atoms with Crippen molar-refractivity contribution in [3.8, 4) is 0 Å². The molecule has 1 N–H and O–H groups in total. The topological polar surface area (TPSA) is 72.8 Å². The van der Waals surface area contributed by atoms with Crippen LogP contribution in [0, 0.1) is 51.2 Å². The standard InChI is InChI=1S/C35H53BrO5/c1-21(2)23-11-14-35(31(39)40-18-10-8-9-17-36)16-15-32(5)25(29(23)35)19-26-30-33(32,6)13-12-24(22(3)4)34(30,7)27(37)20-28(38)41-26/h23-27,29-30,37H,1,3,8-20H2,2,4-7H3/t23-,24-,25+,26+,27+,29+,30-,32+,33+,34+,35-/m0/s1. The molecule has 5 aliphatic rings. The second-order valence-corrected chi connectivity index (χ2v) is 16.1. The number of carbonyl (C=O) groups is 2. The lowest BCUT2D eigenvalue weighted by Crippen LogP contribution is -2.69. The Balaban J connectivity index is 1.56. The maximum absolute atomic E-state index is 14.1. The van der Waals surface area contributed by atoms with E-state index in [4.69, 9.17) is 9.47 Å². The van der Waals surface area contributed by atoms with E-state index in [-0.39, 0.29) is 64.9 Å². The first-order valence-electron chi connectivity index (χ1n) is 16.2. The third kappa shape index (κ3) is 4.54. The second-order valence-electron chi connectivity index (χ2n) is 15.3. The summed E-state index contributed by atoms with van der Waals surface area (Å²) in [4.78, 5) is 27.3. The highest BCUT2D eigenvalue weighted by molar-refractivity contribution is 9.09. The molecule has 11 atom stereocenters. The van der Waals surface area contributed by atoms with Crippen molar-refractivity contribution in [2.24, 2.45) is 51.2 Å². The quantitative estimate of drug-likeness (QED) is 0.128. The van der Waals surface area contributed by atoms with Gasteiger partial charge < -0.3 is 14.6 Å². The van der Waals surface area contributed by atoms with E-state index in [1.807, 2.05) is 0 Å². The van der Waals surface area contributed by atoms with Gasteiger partial charge in [-0.2, -0.15) is 0 Å². The number of esters is 2. The number of fused-ring (bicyclic) bond motifs is 4. The summed E-state index contributed by atoms with van der Waals surface area (Å²) in [5, 5.41) is 12.7. The molecule has 1 saturated heterocycles. The Kier molecular flexibility index (Phi) is 8.47. The number of alkyl halides is 1. The van der Waals surface area contributed by atoms with Crippen LogP contribution in [0.4, 0.5) is 0 Å². The van der Waals surface area contributed by atoms with Gasteiger partial charge in [0.15, 0.2) is 0 Å². The van der Waals surface area contributed by atoms with Crippen LogP contribution in [0.25, 0.3) is 0 Å². The van der Waals surface area contributed by atoms with E-state index in [9.17, 15) is 14.7 Å². The molecule has 5 nitrogen and oxygen atoms in total. The molecule has 1 aliphatic heterocycles. The van der Waals surface area contributed by atoms with E-state index in [0.717, 1.165) is 80.7 Å². The summed E-state index contributed by atoms with van der Waals surface area (Å²) in [6.07, 6.45) is 8.32. The van der Waals surface area contributed by atoms with Crippen LogP contribution in [0.2, 0.25) is 0 Å². The second kappa shape index (κ2) is 11.1. The summed E-state index contributed by atoms with van der Waals surface area (Å²) in [6.45, 7) is 20.6. The van der Waals surface area contributed by atoms with Gasteiger partial charge in [-0.25, -0.2) is 0 Å². The van der Waals surface area contributed by atoms with Crippen molar-refractivity contribution >= 4 is 27.9 Å². The van der Waals surface area contributed by atoms with Crippen LogP contribution in [0.15, 0.2) is 24.3 Å². The maximum Gasteiger partial charge on any atom is 0.312 e. The van der Waals surface area contributed by atoms with E-state index in [2.05, 4.69) is 63.7 Å². The average Bonchev–Trinajstić information content (AvgIpc) is 3.26. The molecule has 0 aromatic heterocycles. The molecular formula is C35H53BrO5. The minimum Gasteiger partial charge on any atom is -0.465 e. The minimum absolute atomic E-state index is 0.0106. The van der Waals surface area contributed by atoms with Gasteiger partial charge >= 0.3 is 11.9 Å². The van der Waals surface area contributed by atoms with Crippen molar-refractivity contribution in [2.45, 2.75) is 117 Å². The summed E-state index contributed by atoms with van der Waals surface area (Å²) in [7, 11) is 0. The molecule has 230 valence electrons. The van der Waals surface area contributed by atoms with Gasteiger partial charge in [0, 0.05) is 16.7 Å². The highest BCUT2D eigenvalue weighted by Crippen LogP contribution is 2.77. The number of aliphatic hydroxyl groups excluding tert-OH is 1. The lowest BCUT2D eigenvalue weighted by Gasteiger charge is -2.71. The Morgan fingerprint density at radius 2 is 1.76 bits per heavy atom. The highest BCUT2D eigenvalue weighted by Gasteiger charge is 2.74. The number of halogens is 1. The number of hydrogen-bond acceptors (Lipinski definition) is 5. The SMILES string of the molecule is C=C(C)[C@@H]1CC[C@]2(C(=O)OCCCCCBr)CC[C@]3(C)[C@H](C[C@H]4OC(=O)C[C@@H](O)[C@]5(C)[C@@H]4[C@@]3(C)CC[C@H]5C(=C)C)[C@@H]12. The lowest BCUT2D eigenvalue weighted by molar-refractivity contribution is -0.260. The monoisotopic (exact) mass is 632 g/mol. The van der Waals surface area contributed by atoms with Gasteiger partial charge in [0.25, 0.3) is 0 Å². The molecule has 5 rings (SSSR count). The molecule has 0 aromatic rings. The molecule has 5 fully saturated rings. The Hall–Kier alpha value is -1.14. The number of hydrogen-bond donors (Lipinski definition) is 1. The Bertz CT molecular complexity index is 1090. The molecular weight excluding hydrogens is 580 g/mol. The normalized spacial score (nSPS) is 46.8. The Morgan fingerprint density at radius 1 is 1.02 bits per heavy atom. The summed E-state index contributed by atoms with van der Waals surface area (Å²) < 4.78 is 12.4. The molecule has 0 radical (unpaired) electrons. The summed E-state index contributed by atoms with van der Waals surface area (Å²) in [5.74, 6) is 0.466. The van der Waals surface area contributed by atoms with Gasteiger partial charge in [-0.15, -0.1) is 0 Å². The van der Waals surface area contributed by atoms with E-state index in [0.29, 0.717) is 6.61 Å². The van der Waals surface area contributed by atoms with Crippen LogP contribution in [-0.2, 0) is 19.1 Å². The predicted octanol–water partition coefficient (Wildman–Crippen LogP) is 7.79. The molecule has 0 amide bonds. The smallest absolute Gasteiger partial charge is 0.312 e. The molecule has 0 bridgehead atoms. The van der Waals surface area contributed by atoms with Gasteiger partial charge in [0.2, 0.25) is 0 Å². The van der Waals surface area contributed by atoms with Gasteiger partial charge in [-0.1, -0.05) is 61.0 Å². The molecule has 0 aromatic carbocycles. The van der Waals surface area contributed by atoms with Gasteiger partial charge in [0.05, 0.1) is 24.5 Å². The largest absolute Gasteiger partial charge is 0.465 e. The third-order valence-electron chi connectivity index (χ3n) is 13.5. The molecule has 4 saturated carbocycles. The number of allylic oxidation sites excluding steroid dienone is 2. The third-order valence-corrected chi connectivity index (χ3v) is 14.1. The predicted molar refractivity (Wildman–Crippen MR) is 165 cm³/mol. The fraction of sp³-hybridized carbons (Fsp3) is 0.829. The Labute approximate surface area is 256 Å². The fourth-order valence-corrected chi connectivity index (χ4v) is 11.8. The number of aliphatic hydroxyl groups is 1. The zero-order chi connectivity index (χ0) is 30.0. The van der Waals surface area contributed by atoms with Crippen LogP contribution >= 0.6 is 15.9 Å². The number of carbonyl (C=O) groups excluding carboxylic acids is 2.